The van der Waals surface area contributed by atoms with Crippen molar-refractivity contribution < 1.29 is 14.2 Å². The molecule has 0 fully saturated rings. The fraction of sp³-hybridized carbons (Fsp3) is 0.419. The van der Waals surface area contributed by atoms with Crippen LogP contribution < -0.4 is 10.1 Å². The van der Waals surface area contributed by atoms with E-state index < -0.39 is 5.60 Å². The van der Waals surface area contributed by atoms with Gasteiger partial charge in [0, 0.05) is 24.4 Å². The fourth-order valence-electron chi connectivity index (χ4n) is 4.64. The van der Waals surface area contributed by atoms with Crippen LogP contribution in [0.3, 0.4) is 0 Å². The highest BCUT2D eigenvalue weighted by atomic mass is 16.6. The Bertz CT molecular complexity index is 1080. The molecule has 186 valence electrons. The Hall–Kier alpha value is -2.82. The van der Waals surface area contributed by atoms with Crippen LogP contribution in [-0.4, -0.2) is 18.3 Å². The number of aryl methyl sites for hydroxylation is 1. The summed E-state index contributed by atoms with van der Waals surface area (Å²) in [6, 6.07) is 25.1. The van der Waals surface area contributed by atoms with Gasteiger partial charge in [-0.25, -0.2) is 0 Å². The summed E-state index contributed by atoms with van der Waals surface area (Å²) in [5.74, 6) is 0.864. The lowest BCUT2D eigenvalue weighted by Gasteiger charge is -2.44. The normalized spacial score (nSPS) is 18.5. The average Bonchev–Trinajstić information content (AvgIpc) is 2.86. The first-order valence-electron chi connectivity index (χ1n) is 12.9. The molecule has 4 nitrogen and oxygen atoms in total. The maximum atomic E-state index is 6.60. The Morgan fingerprint density at radius 2 is 1.69 bits per heavy atom. The molecule has 1 aliphatic heterocycles. The summed E-state index contributed by atoms with van der Waals surface area (Å²) in [4.78, 5) is 0. The molecule has 0 amide bonds. The van der Waals surface area contributed by atoms with Crippen molar-refractivity contribution in [1.82, 2.24) is 0 Å². The number of anilines is 1. The van der Waals surface area contributed by atoms with E-state index >= 15 is 0 Å². The largest absolute Gasteiger partial charge is 0.485 e. The molecule has 0 aliphatic carbocycles. The summed E-state index contributed by atoms with van der Waals surface area (Å²) in [6.45, 7) is 10.6. The van der Waals surface area contributed by atoms with Crippen LogP contribution in [0.5, 0.6) is 5.75 Å². The van der Waals surface area contributed by atoms with E-state index in [0.717, 1.165) is 42.0 Å². The summed E-state index contributed by atoms with van der Waals surface area (Å²) < 4.78 is 19.6. The lowest BCUT2D eigenvalue weighted by Crippen LogP contribution is -2.51. The number of rotatable bonds is 11. The topological polar surface area (TPSA) is 39.7 Å². The number of nitrogens with one attached hydrogen (secondary N) is 1. The Morgan fingerprint density at radius 1 is 0.914 bits per heavy atom. The highest BCUT2D eigenvalue weighted by Crippen LogP contribution is 2.44. The van der Waals surface area contributed by atoms with Crippen molar-refractivity contribution in [3.8, 4) is 5.75 Å². The minimum atomic E-state index is -0.503. The van der Waals surface area contributed by atoms with E-state index in [-0.39, 0.29) is 12.2 Å². The van der Waals surface area contributed by atoms with E-state index in [4.69, 9.17) is 14.2 Å². The molecule has 4 heteroatoms. The Morgan fingerprint density at radius 3 is 2.46 bits per heavy atom. The lowest BCUT2D eigenvalue weighted by molar-refractivity contribution is -0.166. The third-order valence-corrected chi connectivity index (χ3v) is 6.71. The maximum absolute atomic E-state index is 6.60. The van der Waals surface area contributed by atoms with Crippen LogP contribution in [-0.2, 0) is 22.6 Å². The zero-order valence-electron chi connectivity index (χ0n) is 21.6. The van der Waals surface area contributed by atoms with E-state index in [1.54, 1.807) is 0 Å². The van der Waals surface area contributed by atoms with Gasteiger partial charge < -0.3 is 19.5 Å². The molecule has 0 spiro atoms. The predicted molar refractivity (Wildman–Crippen MR) is 143 cm³/mol. The molecule has 1 heterocycles. The SMILES string of the molecule is CCCCCOC1C(OCc2ccccc2)c2cc(NCc3ccccc3C)ccc2OC1(C)C. The van der Waals surface area contributed by atoms with E-state index in [2.05, 4.69) is 87.6 Å². The number of hydrogen-bond acceptors (Lipinski definition) is 4. The minimum absolute atomic E-state index is 0.206. The molecular weight excluding hydrogens is 434 g/mol. The average molecular weight is 474 g/mol. The van der Waals surface area contributed by atoms with Gasteiger partial charge in [0.15, 0.2) is 0 Å². The van der Waals surface area contributed by atoms with Gasteiger partial charge >= 0.3 is 0 Å². The third kappa shape index (κ3) is 6.45. The number of fused-ring (bicyclic) bond motifs is 1. The Kier molecular flexibility index (Phi) is 8.48. The quantitative estimate of drug-likeness (QED) is 0.291. The molecule has 0 saturated carbocycles. The summed E-state index contributed by atoms with van der Waals surface area (Å²) in [5.41, 5.74) is 5.31. The van der Waals surface area contributed by atoms with Crippen LogP contribution in [0.25, 0.3) is 0 Å². The smallest absolute Gasteiger partial charge is 0.132 e. The Balaban J connectivity index is 1.59. The molecule has 0 saturated heterocycles. The van der Waals surface area contributed by atoms with Crippen LogP contribution in [0, 0.1) is 6.92 Å². The number of benzene rings is 3. The van der Waals surface area contributed by atoms with Crippen LogP contribution in [0.2, 0.25) is 0 Å². The summed E-state index contributed by atoms with van der Waals surface area (Å²) in [6.07, 6.45) is 2.94. The van der Waals surface area contributed by atoms with Crippen LogP contribution in [0.1, 0.15) is 68.4 Å². The molecular formula is C31H39NO3. The second kappa shape index (κ2) is 11.7. The molecule has 1 aliphatic rings. The van der Waals surface area contributed by atoms with Crippen LogP contribution in [0.4, 0.5) is 5.69 Å². The highest BCUT2D eigenvalue weighted by molar-refractivity contribution is 5.54. The maximum Gasteiger partial charge on any atom is 0.132 e. The molecule has 2 unspecified atom stereocenters. The molecule has 35 heavy (non-hydrogen) atoms. The second-order valence-electron chi connectivity index (χ2n) is 9.95. The molecule has 0 bridgehead atoms. The van der Waals surface area contributed by atoms with Gasteiger partial charge in [-0.05, 0) is 62.1 Å². The molecule has 0 aromatic heterocycles. The third-order valence-electron chi connectivity index (χ3n) is 6.71. The van der Waals surface area contributed by atoms with Crippen molar-refractivity contribution in [2.75, 3.05) is 11.9 Å². The fourth-order valence-corrected chi connectivity index (χ4v) is 4.64. The van der Waals surface area contributed by atoms with Gasteiger partial charge in [0.25, 0.3) is 0 Å². The van der Waals surface area contributed by atoms with Crippen molar-refractivity contribution in [3.63, 3.8) is 0 Å². The zero-order valence-corrected chi connectivity index (χ0v) is 21.6. The molecule has 3 aromatic rings. The van der Waals surface area contributed by atoms with Crippen molar-refractivity contribution in [2.45, 2.75) is 77.9 Å². The first-order chi connectivity index (χ1) is 17.0. The van der Waals surface area contributed by atoms with E-state index in [1.165, 1.54) is 17.5 Å². The predicted octanol–water partition coefficient (Wildman–Crippen LogP) is 7.61. The van der Waals surface area contributed by atoms with Crippen LogP contribution >= 0.6 is 0 Å². The molecule has 1 N–H and O–H groups in total. The Labute approximate surface area is 210 Å². The number of ether oxygens (including phenoxy) is 3. The molecule has 0 radical (unpaired) electrons. The molecule has 2 atom stereocenters. The number of unbranched alkanes of at least 4 members (excludes halogenated alkanes) is 2. The van der Waals surface area contributed by atoms with Crippen molar-refractivity contribution in [2.24, 2.45) is 0 Å². The van der Waals surface area contributed by atoms with Gasteiger partial charge in [-0.15, -0.1) is 0 Å². The van der Waals surface area contributed by atoms with Gasteiger partial charge in [-0.3, -0.25) is 0 Å². The van der Waals surface area contributed by atoms with Gasteiger partial charge in [0.1, 0.15) is 23.6 Å². The van der Waals surface area contributed by atoms with Crippen molar-refractivity contribution in [3.05, 3.63) is 95.1 Å². The summed E-state index contributed by atoms with van der Waals surface area (Å²) >= 11 is 0. The highest BCUT2D eigenvalue weighted by Gasteiger charge is 2.45. The van der Waals surface area contributed by atoms with E-state index in [0.29, 0.717) is 13.2 Å². The molecule has 3 aromatic carbocycles. The monoisotopic (exact) mass is 473 g/mol. The van der Waals surface area contributed by atoms with Gasteiger partial charge in [-0.2, -0.15) is 0 Å². The minimum Gasteiger partial charge on any atom is -0.485 e. The standard InChI is InChI=1S/C31H39NO3/c1-5-6-12-19-33-30-29(34-22-24-14-8-7-9-15-24)27-20-26(17-18-28(27)35-31(30,3)4)32-21-25-16-11-10-13-23(25)2/h7-11,13-18,20,29-30,32H,5-6,12,19,21-22H2,1-4H3. The van der Waals surface area contributed by atoms with Crippen molar-refractivity contribution in [1.29, 1.82) is 0 Å². The van der Waals surface area contributed by atoms with Crippen molar-refractivity contribution >= 4 is 5.69 Å². The molecule has 4 rings (SSSR count). The van der Waals surface area contributed by atoms with Gasteiger partial charge in [-0.1, -0.05) is 74.4 Å². The first-order valence-corrected chi connectivity index (χ1v) is 12.9. The number of hydrogen-bond donors (Lipinski definition) is 1. The van der Waals surface area contributed by atoms with Gasteiger partial charge in [0.05, 0.1) is 6.61 Å². The summed E-state index contributed by atoms with van der Waals surface area (Å²) in [7, 11) is 0. The zero-order chi connectivity index (χ0) is 24.7. The van der Waals surface area contributed by atoms with Crippen LogP contribution in [0.15, 0.2) is 72.8 Å². The van der Waals surface area contributed by atoms with E-state index in [1.807, 2.05) is 18.2 Å². The van der Waals surface area contributed by atoms with E-state index in [9.17, 15) is 0 Å². The summed E-state index contributed by atoms with van der Waals surface area (Å²) in [5, 5.41) is 3.59. The first kappa shape index (κ1) is 25.3. The second-order valence-corrected chi connectivity index (χ2v) is 9.95. The van der Waals surface area contributed by atoms with Gasteiger partial charge in [0.2, 0.25) is 0 Å². The lowest BCUT2D eigenvalue weighted by atomic mass is 9.87.